The summed E-state index contributed by atoms with van der Waals surface area (Å²) in [6.45, 7) is 1.81. The zero-order valence-corrected chi connectivity index (χ0v) is 57.1. The number of aliphatic hydroxyl groups is 3. The number of nitrogens with one attached hydrogen (secondary N) is 11. The van der Waals surface area contributed by atoms with Gasteiger partial charge in [-0.05, 0) is 211 Å². The van der Waals surface area contributed by atoms with Crippen LogP contribution in [0.25, 0.3) is 10.9 Å². The smallest absolute Gasteiger partial charge is 0.245 e. The molecule has 1 aromatic carbocycles. The first kappa shape index (κ1) is 84.8. The predicted molar refractivity (Wildman–Crippen MR) is 371 cm³/mol. The van der Waals surface area contributed by atoms with Gasteiger partial charge in [0.2, 0.25) is 41.4 Å². The summed E-state index contributed by atoms with van der Waals surface area (Å²) in [6.07, 6.45) is 14.5. The molecule has 30 heteroatoms. The zero-order chi connectivity index (χ0) is 71.3. The zero-order valence-electron chi connectivity index (χ0n) is 57.1. The number of hydrogen-bond acceptors (Lipinski definition) is 22. The number of aromatic nitrogens is 1. The number of amides is 7. The number of aldehydes is 3. The summed E-state index contributed by atoms with van der Waals surface area (Å²) in [6, 6.07) is -4.44. The highest BCUT2D eigenvalue weighted by Gasteiger charge is 2.36. The molecule has 2 aromatic rings. The van der Waals surface area contributed by atoms with E-state index in [0.29, 0.717) is 187 Å². The Kier molecular flexibility index (Phi) is 43.7. The Morgan fingerprint density at radius 3 is 1.24 bits per heavy atom. The molecule has 0 radical (unpaired) electrons. The van der Waals surface area contributed by atoms with E-state index in [1.165, 1.54) is 0 Å². The van der Waals surface area contributed by atoms with Gasteiger partial charge in [-0.25, -0.2) is 0 Å². The number of unbranched alkanes of at least 4 members (excludes halogenated alkanes) is 6. The van der Waals surface area contributed by atoms with E-state index >= 15 is 0 Å². The van der Waals surface area contributed by atoms with Crippen LogP contribution < -0.4 is 87.6 Å². The van der Waals surface area contributed by atoms with Gasteiger partial charge in [0.15, 0.2) is 0 Å². The summed E-state index contributed by atoms with van der Waals surface area (Å²) in [5, 5.41) is 60.9. The average Bonchev–Trinajstić information content (AvgIpc) is 1.78. The van der Waals surface area contributed by atoms with Crippen molar-refractivity contribution >= 4 is 71.1 Å². The van der Waals surface area contributed by atoms with Crippen molar-refractivity contribution in [2.45, 2.75) is 246 Å². The second kappa shape index (κ2) is 50.0. The number of fused-ring (bicyclic) bond motifs is 1. The number of benzene rings is 1. The van der Waals surface area contributed by atoms with Crippen LogP contribution in [0.4, 0.5) is 0 Å². The number of nitrogens with two attached hydrogens (primary N) is 6. The van der Waals surface area contributed by atoms with Gasteiger partial charge in [0.25, 0.3) is 0 Å². The van der Waals surface area contributed by atoms with Gasteiger partial charge in [-0.1, -0.05) is 31.5 Å². The van der Waals surface area contributed by atoms with Crippen molar-refractivity contribution < 1.29 is 63.3 Å². The molecule has 1 fully saturated rings. The maximum Gasteiger partial charge on any atom is 0.245 e. The van der Waals surface area contributed by atoms with Crippen molar-refractivity contribution in [2.24, 2.45) is 40.3 Å². The summed E-state index contributed by atoms with van der Waals surface area (Å²) < 4.78 is 0. The third-order valence-corrected chi connectivity index (χ3v) is 17.8. The number of para-hydroxylation sites is 1. The highest BCUT2D eigenvalue weighted by molar-refractivity contribution is 5.96. The van der Waals surface area contributed by atoms with E-state index in [-0.39, 0.29) is 43.7 Å². The van der Waals surface area contributed by atoms with Crippen molar-refractivity contribution in [2.75, 3.05) is 59.1 Å². The molecular weight excluding hydrogens is 1250 g/mol. The molecular formula is C67H119N17O13. The molecule has 0 spiro atoms. The van der Waals surface area contributed by atoms with E-state index in [2.05, 4.69) is 65.1 Å². The number of hydrogen-bond donors (Lipinski definition) is 20. The second-order valence-corrected chi connectivity index (χ2v) is 25.8. The Morgan fingerprint density at radius 2 is 0.784 bits per heavy atom. The third kappa shape index (κ3) is 32.4. The Hall–Kier alpha value is -6.42. The van der Waals surface area contributed by atoms with Gasteiger partial charge in [0.1, 0.15) is 61.2 Å². The van der Waals surface area contributed by atoms with E-state index < -0.39 is 128 Å². The largest absolute Gasteiger partial charge is 0.394 e. The van der Waals surface area contributed by atoms with Gasteiger partial charge < -0.3 is 122 Å². The molecule has 8 unspecified atom stereocenters. The topological polar surface area (TPSA) is 524 Å². The summed E-state index contributed by atoms with van der Waals surface area (Å²) in [5.41, 5.74) is 37.0. The van der Waals surface area contributed by atoms with Gasteiger partial charge >= 0.3 is 0 Å². The second-order valence-electron chi connectivity index (χ2n) is 25.8. The van der Waals surface area contributed by atoms with Gasteiger partial charge in [-0.2, -0.15) is 0 Å². The number of carbonyl (C=O) groups is 10. The van der Waals surface area contributed by atoms with Crippen molar-refractivity contribution in [3.05, 3.63) is 36.0 Å². The van der Waals surface area contributed by atoms with Crippen LogP contribution in [0, 0.1) is 5.92 Å². The molecule has 1 aliphatic rings. The fourth-order valence-corrected chi connectivity index (χ4v) is 12.2. The standard InChI is InChI=1S/C67H119N17O13/c1-44-24-25-47(75-50(39-86)35-45-37-74-53-18-3-2-17-52(45)53)36-48(77-59(42-89)67(97)84-60(43-90)66(96)79-51(40-87)41-88)27-26-46(34-44)76-54(19-5-11-29-69)62(92)81-56(21-7-13-31-71)64(94)83-58(23-9-15-33-73)65(95)82-57(22-8-14-32-72)63(93)80-55(20-6-12-30-70)61(91)78-49(38-85)16-4-10-28-68/h2-3,17-18,37-40,44,46-51,54-60,74-77,88-90H,4-16,19-36,41-43,68-73H2,1H3,(H,78,91)(H,79,96)(H,80,93)(H,81,92)(H,82,95)(H,83,94)(H,84,97)/t44?,46?,47?,48?,49-,50-,51?,54?,55?,56-,57-,58?,59-,60-/m0/s1. The SMILES string of the molecule is CC1CCC(N[C@H](C=O)Cc2c[nH]c3ccccc23)CC(N[C@@H](CO)C(=O)N[C@@H](CO)C(=O)NC(C=O)CO)CCC(NC(CCCCN)C(=O)N[C@@H](CCCCN)C(=O)NC(CCCCN)C(=O)N[C@@H](CCCCN)C(=O)NC(CCCCN)C(=O)N[C@H](C=O)CCCCN)C1. The first-order chi connectivity index (χ1) is 46.9. The summed E-state index contributed by atoms with van der Waals surface area (Å²) in [5.74, 6) is -4.74. The monoisotopic (exact) mass is 1370 g/mol. The predicted octanol–water partition coefficient (Wildman–Crippen LogP) is -2.58. The Bertz CT molecular complexity index is 2620. The third-order valence-electron chi connectivity index (χ3n) is 17.8. The summed E-state index contributed by atoms with van der Waals surface area (Å²) >= 11 is 0. The minimum absolute atomic E-state index is 0.0769. The molecule has 14 atom stereocenters. The lowest BCUT2D eigenvalue weighted by Gasteiger charge is -2.35. The van der Waals surface area contributed by atoms with Crippen LogP contribution in [-0.2, 0) is 54.4 Å². The van der Waals surface area contributed by atoms with Gasteiger partial charge in [-0.15, -0.1) is 0 Å². The molecule has 1 aliphatic carbocycles. The first-order valence-corrected chi connectivity index (χ1v) is 35.2. The van der Waals surface area contributed by atoms with E-state index in [4.69, 9.17) is 34.4 Å². The molecule has 30 nitrogen and oxygen atoms in total. The molecule has 1 aromatic heterocycles. The van der Waals surface area contributed by atoms with Gasteiger partial charge in [0.05, 0.1) is 37.9 Å². The molecule has 1 heterocycles. The Morgan fingerprint density at radius 1 is 0.423 bits per heavy atom. The minimum atomic E-state index is -1.55. The van der Waals surface area contributed by atoms with Crippen molar-refractivity contribution in [3.63, 3.8) is 0 Å². The lowest BCUT2D eigenvalue weighted by molar-refractivity contribution is -0.135. The molecule has 1 saturated carbocycles. The highest BCUT2D eigenvalue weighted by Crippen LogP contribution is 2.26. The lowest BCUT2D eigenvalue weighted by atomic mass is 9.86. The maximum atomic E-state index is 15.0. The summed E-state index contributed by atoms with van der Waals surface area (Å²) in [7, 11) is 0. The number of aromatic amines is 1. The van der Waals surface area contributed by atoms with Crippen molar-refractivity contribution in [1.29, 1.82) is 0 Å². The van der Waals surface area contributed by atoms with Crippen LogP contribution in [0.1, 0.15) is 167 Å². The van der Waals surface area contributed by atoms with Crippen LogP contribution in [0.5, 0.6) is 0 Å². The number of carbonyl (C=O) groups excluding carboxylic acids is 10. The van der Waals surface area contributed by atoms with Crippen molar-refractivity contribution in [3.8, 4) is 0 Å². The molecule has 0 saturated heterocycles. The van der Waals surface area contributed by atoms with Crippen molar-refractivity contribution in [1.82, 2.24) is 58.2 Å². The fraction of sp³-hybridized carbons (Fsp3) is 0.731. The maximum absolute atomic E-state index is 15.0. The number of H-pyrrole nitrogens is 1. The highest BCUT2D eigenvalue weighted by atomic mass is 16.3. The van der Waals surface area contributed by atoms with Gasteiger partial charge in [-0.3, -0.25) is 33.6 Å². The quantitative estimate of drug-likeness (QED) is 0.0239. The molecule has 7 amide bonds. The van der Waals surface area contributed by atoms with Crippen LogP contribution in [0.3, 0.4) is 0 Å². The van der Waals surface area contributed by atoms with E-state index in [1.54, 1.807) is 0 Å². The Balaban J connectivity index is 1.98. The number of aliphatic hydroxyl groups excluding tert-OH is 3. The van der Waals surface area contributed by atoms with E-state index in [9.17, 15) is 63.3 Å². The molecule has 3 rings (SSSR count). The van der Waals surface area contributed by atoms with E-state index in [1.807, 2.05) is 30.5 Å². The molecule has 0 aliphatic heterocycles. The van der Waals surface area contributed by atoms with E-state index in [0.717, 1.165) is 22.8 Å². The molecule has 550 valence electrons. The molecule has 97 heavy (non-hydrogen) atoms. The Labute approximate surface area is 571 Å². The normalized spacial score (nSPS) is 19.0. The molecule has 26 N–H and O–H groups in total. The first-order valence-electron chi connectivity index (χ1n) is 35.2. The van der Waals surface area contributed by atoms with Crippen LogP contribution >= 0.6 is 0 Å². The minimum Gasteiger partial charge on any atom is -0.394 e. The lowest BCUT2D eigenvalue weighted by Crippen LogP contribution is -2.59. The molecule has 0 bridgehead atoms. The fourth-order valence-electron chi connectivity index (χ4n) is 12.2. The van der Waals surface area contributed by atoms with Crippen LogP contribution in [-0.4, -0.2) is 218 Å². The average molecular weight is 1370 g/mol. The summed E-state index contributed by atoms with van der Waals surface area (Å²) in [4.78, 5) is 139. The van der Waals surface area contributed by atoms with Crippen LogP contribution in [0.15, 0.2) is 30.5 Å². The van der Waals surface area contributed by atoms with Gasteiger partial charge in [0, 0.05) is 35.2 Å². The number of rotatable bonds is 52. The van der Waals surface area contributed by atoms with Crippen LogP contribution in [0.2, 0.25) is 0 Å².